The monoisotopic (exact) mass is 420 g/mol. The van der Waals surface area contributed by atoms with Crippen molar-refractivity contribution in [3.8, 4) is 5.75 Å². The highest BCUT2D eigenvalue weighted by Gasteiger charge is 2.37. The first-order valence-corrected chi connectivity index (χ1v) is 9.65. The first-order valence-electron chi connectivity index (χ1n) is 9.65. The Morgan fingerprint density at radius 3 is 2.23 bits per heavy atom. The number of hydrogen-bond donors (Lipinski definition) is 2. The van der Waals surface area contributed by atoms with E-state index in [-0.39, 0.29) is 12.0 Å². The van der Waals surface area contributed by atoms with E-state index < -0.39 is 29.2 Å². The summed E-state index contributed by atoms with van der Waals surface area (Å²) in [6.07, 6.45) is -0.959. The summed E-state index contributed by atoms with van der Waals surface area (Å²) >= 11 is 0. The van der Waals surface area contributed by atoms with Crippen molar-refractivity contribution in [2.45, 2.75) is 37.3 Å². The van der Waals surface area contributed by atoms with Crippen LogP contribution in [0.25, 0.3) is 0 Å². The number of ether oxygens (including phenoxy) is 1. The van der Waals surface area contributed by atoms with Crippen molar-refractivity contribution in [1.29, 1.82) is 0 Å². The lowest BCUT2D eigenvalue weighted by atomic mass is 9.78. The molecular weight excluding hydrogens is 397 g/mol. The van der Waals surface area contributed by atoms with Gasteiger partial charge in [-0.3, -0.25) is 9.59 Å². The maximum Gasteiger partial charge on any atom is 0.418 e. The molecule has 3 rings (SSSR count). The third kappa shape index (κ3) is 4.75. The van der Waals surface area contributed by atoms with Crippen molar-refractivity contribution in [1.82, 2.24) is 5.32 Å². The van der Waals surface area contributed by atoms with E-state index in [2.05, 4.69) is 10.6 Å². The minimum absolute atomic E-state index is 0.229. The van der Waals surface area contributed by atoms with Gasteiger partial charge in [0.15, 0.2) is 0 Å². The average Bonchev–Trinajstić information content (AvgIpc) is 3.22. The third-order valence-corrected chi connectivity index (χ3v) is 5.54. The number of carbonyl (C=O) groups excluding carboxylic acids is 2. The zero-order valence-corrected chi connectivity index (χ0v) is 16.5. The van der Waals surface area contributed by atoms with Gasteiger partial charge in [-0.15, -0.1) is 0 Å². The molecule has 2 N–H and O–H groups in total. The van der Waals surface area contributed by atoms with E-state index in [0.717, 1.165) is 49.1 Å². The largest absolute Gasteiger partial charge is 0.497 e. The van der Waals surface area contributed by atoms with E-state index in [1.165, 1.54) is 12.1 Å². The Hall–Kier alpha value is -3.03. The minimum atomic E-state index is -4.64. The summed E-state index contributed by atoms with van der Waals surface area (Å²) < 4.78 is 44.4. The maximum absolute atomic E-state index is 13.1. The van der Waals surface area contributed by atoms with Crippen LogP contribution in [-0.4, -0.2) is 25.5 Å². The number of hydrogen-bond acceptors (Lipinski definition) is 3. The zero-order valence-electron chi connectivity index (χ0n) is 16.5. The topological polar surface area (TPSA) is 67.4 Å². The van der Waals surface area contributed by atoms with Crippen LogP contribution in [0.15, 0.2) is 48.5 Å². The molecule has 0 aliphatic heterocycles. The fraction of sp³-hybridized carbons (Fsp3) is 0.364. The van der Waals surface area contributed by atoms with Gasteiger partial charge in [-0.2, -0.15) is 13.2 Å². The molecule has 0 spiro atoms. The Morgan fingerprint density at radius 2 is 1.63 bits per heavy atom. The molecule has 0 radical (unpaired) electrons. The van der Waals surface area contributed by atoms with Crippen molar-refractivity contribution in [2.24, 2.45) is 0 Å². The number of para-hydroxylation sites is 1. The standard InChI is InChI=1S/C22H23F3N2O3/c1-30-16-10-8-15(9-11-16)21(12-4-5-13-21)14-26-19(28)20(29)27-18-7-3-2-6-17(18)22(23,24)25/h2-3,6-11H,4-5,12-14H2,1H3,(H,26,28)(H,27,29). The molecule has 0 heterocycles. The number of benzene rings is 2. The summed E-state index contributed by atoms with van der Waals surface area (Å²) in [5, 5.41) is 4.68. The van der Waals surface area contributed by atoms with Gasteiger partial charge in [0.25, 0.3) is 0 Å². The SMILES string of the molecule is COc1ccc(C2(CNC(=O)C(=O)Nc3ccccc3C(F)(F)F)CCCC2)cc1. The van der Waals surface area contributed by atoms with E-state index in [1.54, 1.807) is 7.11 Å². The molecule has 0 aromatic heterocycles. The van der Waals surface area contributed by atoms with Crippen LogP contribution in [0.1, 0.15) is 36.8 Å². The Bertz CT molecular complexity index is 905. The van der Waals surface area contributed by atoms with Gasteiger partial charge >= 0.3 is 18.0 Å². The van der Waals surface area contributed by atoms with Crippen LogP contribution < -0.4 is 15.4 Å². The lowest BCUT2D eigenvalue weighted by molar-refractivity contribution is -0.138. The molecule has 2 aromatic carbocycles. The molecular formula is C22H23F3N2O3. The summed E-state index contributed by atoms with van der Waals surface area (Å²) in [5.74, 6) is -1.38. The molecule has 2 amide bonds. The second-order valence-corrected chi connectivity index (χ2v) is 7.40. The van der Waals surface area contributed by atoms with Crippen LogP contribution in [0.5, 0.6) is 5.75 Å². The molecule has 0 bridgehead atoms. The molecule has 0 atom stereocenters. The average molecular weight is 420 g/mol. The van der Waals surface area contributed by atoms with E-state index in [1.807, 2.05) is 24.3 Å². The molecule has 8 heteroatoms. The van der Waals surface area contributed by atoms with Crippen LogP contribution in [0.3, 0.4) is 0 Å². The second kappa shape index (κ2) is 8.77. The molecule has 1 fully saturated rings. The summed E-state index contributed by atoms with van der Waals surface area (Å²) in [5.41, 5.74) is -0.733. The minimum Gasteiger partial charge on any atom is -0.497 e. The molecule has 0 saturated heterocycles. The van der Waals surface area contributed by atoms with Crippen molar-refractivity contribution >= 4 is 17.5 Å². The third-order valence-electron chi connectivity index (χ3n) is 5.54. The van der Waals surface area contributed by atoms with E-state index in [4.69, 9.17) is 4.74 Å². The number of halogens is 3. The van der Waals surface area contributed by atoms with Gasteiger partial charge in [0.05, 0.1) is 18.4 Å². The van der Waals surface area contributed by atoms with Gasteiger partial charge in [-0.05, 0) is 42.7 Å². The first-order chi connectivity index (χ1) is 14.2. The normalized spacial score (nSPS) is 15.5. The molecule has 1 saturated carbocycles. The Kier molecular flexibility index (Phi) is 6.34. The van der Waals surface area contributed by atoms with Crippen molar-refractivity contribution in [2.75, 3.05) is 19.0 Å². The maximum atomic E-state index is 13.1. The number of carbonyl (C=O) groups is 2. The lowest BCUT2D eigenvalue weighted by Gasteiger charge is -2.30. The molecule has 0 unspecified atom stereocenters. The van der Waals surface area contributed by atoms with Crippen LogP contribution in [0.4, 0.5) is 18.9 Å². The second-order valence-electron chi connectivity index (χ2n) is 7.40. The smallest absolute Gasteiger partial charge is 0.418 e. The fourth-order valence-corrected chi connectivity index (χ4v) is 3.91. The number of nitrogens with one attached hydrogen (secondary N) is 2. The Morgan fingerprint density at radius 1 is 1.00 bits per heavy atom. The molecule has 1 aliphatic rings. The van der Waals surface area contributed by atoms with Gasteiger partial charge in [0, 0.05) is 12.0 Å². The highest BCUT2D eigenvalue weighted by molar-refractivity contribution is 6.39. The predicted molar refractivity (Wildman–Crippen MR) is 106 cm³/mol. The van der Waals surface area contributed by atoms with E-state index >= 15 is 0 Å². The summed E-state index contributed by atoms with van der Waals surface area (Å²) in [7, 11) is 1.58. The van der Waals surface area contributed by atoms with E-state index in [9.17, 15) is 22.8 Å². The lowest BCUT2D eigenvalue weighted by Crippen LogP contribution is -2.43. The van der Waals surface area contributed by atoms with Gasteiger partial charge < -0.3 is 15.4 Å². The quantitative estimate of drug-likeness (QED) is 0.710. The van der Waals surface area contributed by atoms with Crippen molar-refractivity contribution in [3.05, 3.63) is 59.7 Å². The number of rotatable bonds is 5. The number of alkyl halides is 3. The Balaban J connectivity index is 1.68. The van der Waals surface area contributed by atoms with Crippen molar-refractivity contribution in [3.63, 3.8) is 0 Å². The molecule has 5 nitrogen and oxygen atoms in total. The van der Waals surface area contributed by atoms with Crippen LogP contribution >= 0.6 is 0 Å². The highest BCUT2D eigenvalue weighted by Crippen LogP contribution is 2.41. The summed E-state index contributed by atoms with van der Waals surface area (Å²) in [4.78, 5) is 24.5. The van der Waals surface area contributed by atoms with Gasteiger partial charge in [0.1, 0.15) is 5.75 Å². The molecule has 2 aromatic rings. The zero-order chi connectivity index (χ0) is 21.8. The number of methoxy groups -OCH3 is 1. The molecule has 30 heavy (non-hydrogen) atoms. The molecule has 160 valence electrons. The molecule has 1 aliphatic carbocycles. The van der Waals surface area contributed by atoms with Crippen LogP contribution in [0, 0.1) is 0 Å². The van der Waals surface area contributed by atoms with Gasteiger partial charge in [0.2, 0.25) is 0 Å². The van der Waals surface area contributed by atoms with Gasteiger partial charge in [-0.25, -0.2) is 0 Å². The summed E-state index contributed by atoms with van der Waals surface area (Å²) in [6.45, 7) is 0.229. The van der Waals surface area contributed by atoms with Crippen molar-refractivity contribution < 1.29 is 27.5 Å². The van der Waals surface area contributed by atoms with Crippen LogP contribution in [0.2, 0.25) is 0 Å². The van der Waals surface area contributed by atoms with E-state index in [0.29, 0.717) is 0 Å². The highest BCUT2D eigenvalue weighted by atomic mass is 19.4. The summed E-state index contributed by atoms with van der Waals surface area (Å²) in [6, 6.07) is 12.1. The first kappa shape index (κ1) is 21.7. The Labute approximate surface area is 172 Å². The van der Waals surface area contributed by atoms with Crippen LogP contribution in [-0.2, 0) is 21.2 Å². The predicted octanol–water partition coefficient (Wildman–Crippen LogP) is 4.28. The number of anilines is 1. The number of amides is 2. The fourth-order valence-electron chi connectivity index (χ4n) is 3.91. The van der Waals surface area contributed by atoms with Gasteiger partial charge in [-0.1, -0.05) is 37.1 Å².